The van der Waals surface area contributed by atoms with Gasteiger partial charge in [0.05, 0.1) is 0 Å². The van der Waals surface area contributed by atoms with Crippen molar-refractivity contribution in [3.8, 4) is 12.3 Å². The second-order valence-corrected chi connectivity index (χ2v) is 8.97. The van der Waals surface area contributed by atoms with Crippen molar-refractivity contribution in [1.82, 2.24) is 26.6 Å². The molecule has 1 amide bonds. The second-order valence-electron chi connectivity index (χ2n) is 8.97. The summed E-state index contributed by atoms with van der Waals surface area (Å²) < 4.78 is 14.4. The molecule has 2 atom stereocenters. The van der Waals surface area contributed by atoms with Crippen LogP contribution >= 0.6 is 0 Å². The quantitative estimate of drug-likeness (QED) is 0.283. The first-order valence-corrected chi connectivity index (χ1v) is 12.0. The van der Waals surface area contributed by atoms with Gasteiger partial charge >= 0.3 is 0 Å². The SMILES string of the molecule is C#CC1N=C(N)C(NC(C)C2CCCC2)=C(C(=O)NCc2cc(F)cc(/C(=C/NC)CNC)c2)N1. The van der Waals surface area contributed by atoms with Crippen LogP contribution in [0.4, 0.5) is 4.39 Å². The van der Waals surface area contributed by atoms with Crippen LogP contribution in [0.5, 0.6) is 0 Å². The Labute approximate surface area is 207 Å². The number of hydrogen-bond donors (Lipinski definition) is 6. The van der Waals surface area contributed by atoms with Crippen molar-refractivity contribution in [2.24, 2.45) is 16.6 Å². The lowest BCUT2D eigenvalue weighted by atomic mass is 9.99. The van der Waals surface area contributed by atoms with Crippen LogP contribution < -0.4 is 32.3 Å². The van der Waals surface area contributed by atoms with Gasteiger partial charge in [-0.2, -0.15) is 0 Å². The van der Waals surface area contributed by atoms with Crippen molar-refractivity contribution in [1.29, 1.82) is 0 Å². The number of nitrogens with zero attached hydrogens (tertiary/aromatic N) is 1. The number of amidine groups is 1. The van der Waals surface area contributed by atoms with Crippen molar-refractivity contribution < 1.29 is 9.18 Å². The third-order valence-electron chi connectivity index (χ3n) is 6.39. The summed E-state index contributed by atoms with van der Waals surface area (Å²) in [5.74, 6) is 2.42. The average molecular weight is 482 g/mol. The van der Waals surface area contributed by atoms with E-state index in [9.17, 15) is 9.18 Å². The molecule has 1 saturated carbocycles. The number of halogens is 1. The fraction of sp³-hybridized carbons (Fsp3) is 0.462. The Morgan fingerprint density at radius 2 is 2.09 bits per heavy atom. The zero-order valence-electron chi connectivity index (χ0n) is 20.7. The van der Waals surface area contributed by atoms with Gasteiger partial charge < -0.3 is 32.3 Å². The maximum atomic E-state index is 14.4. The largest absolute Gasteiger partial charge is 0.394 e. The van der Waals surface area contributed by atoms with Gasteiger partial charge in [-0.15, -0.1) is 6.42 Å². The smallest absolute Gasteiger partial charge is 0.270 e. The van der Waals surface area contributed by atoms with Gasteiger partial charge in [0.15, 0.2) is 6.17 Å². The molecule has 7 N–H and O–H groups in total. The highest BCUT2D eigenvalue weighted by atomic mass is 19.1. The molecule has 0 spiro atoms. The lowest BCUT2D eigenvalue weighted by Gasteiger charge is -2.28. The summed E-state index contributed by atoms with van der Waals surface area (Å²) in [5, 5.41) is 15.3. The number of terminal acetylenes is 1. The van der Waals surface area contributed by atoms with E-state index in [2.05, 4.69) is 44.4 Å². The Morgan fingerprint density at radius 3 is 2.74 bits per heavy atom. The third-order valence-corrected chi connectivity index (χ3v) is 6.39. The molecule has 8 nitrogen and oxygen atoms in total. The molecule has 3 rings (SSSR count). The van der Waals surface area contributed by atoms with E-state index >= 15 is 0 Å². The van der Waals surface area contributed by atoms with E-state index < -0.39 is 12.1 Å². The number of amides is 1. The minimum atomic E-state index is -0.736. The Bertz CT molecular complexity index is 1050. The molecule has 1 fully saturated rings. The molecule has 1 aliphatic heterocycles. The van der Waals surface area contributed by atoms with Gasteiger partial charge in [-0.25, -0.2) is 9.38 Å². The van der Waals surface area contributed by atoms with E-state index in [4.69, 9.17) is 12.2 Å². The van der Waals surface area contributed by atoms with Crippen LogP contribution in [-0.4, -0.2) is 44.6 Å². The van der Waals surface area contributed by atoms with Crippen LogP contribution in [0.2, 0.25) is 0 Å². The number of carbonyl (C=O) groups excluding carboxylic acids is 1. The van der Waals surface area contributed by atoms with Gasteiger partial charge in [-0.3, -0.25) is 4.79 Å². The first kappa shape index (κ1) is 26.1. The molecule has 9 heteroatoms. The average Bonchev–Trinajstić information content (AvgIpc) is 3.38. The summed E-state index contributed by atoms with van der Waals surface area (Å²) in [5.41, 5.74) is 9.15. The molecule has 1 aliphatic carbocycles. The molecule has 1 heterocycles. The Balaban J connectivity index is 1.80. The standard InChI is InChI=1S/C26H36FN7O/c1-5-22-33-24(23(25(28)34-22)32-16(2)18-8-6-7-9-18)26(35)31-13-17-10-19(12-21(27)11-17)20(14-29-3)15-30-4/h1,10-12,14,16,18,22,29-30,32-33H,6-9,13,15H2,2-4H3,(H2,28,34)(H,31,35)/b20-14+. The summed E-state index contributed by atoms with van der Waals surface area (Å²) in [6, 6.07) is 4.86. The molecule has 2 unspecified atom stereocenters. The predicted molar refractivity (Wildman–Crippen MR) is 138 cm³/mol. The van der Waals surface area contributed by atoms with Crippen molar-refractivity contribution in [2.75, 3.05) is 20.6 Å². The van der Waals surface area contributed by atoms with E-state index in [1.165, 1.54) is 25.0 Å². The third kappa shape index (κ3) is 6.76. The fourth-order valence-electron chi connectivity index (χ4n) is 4.59. The minimum Gasteiger partial charge on any atom is -0.394 e. The highest BCUT2D eigenvalue weighted by Crippen LogP contribution is 2.28. The van der Waals surface area contributed by atoms with Crippen molar-refractivity contribution in [2.45, 2.75) is 51.4 Å². The Hall–Kier alpha value is -3.51. The number of nitrogens with one attached hydrogen (secondary N) is 5. The van der Waals surface area contributed by atoms with Crippen LogP contribution in [-0.2, 0) is 11.3 Å². The van der Waals surface area contributed by atoms with E-state index in [-0.39, 0.29) is 29.9 Å². The van der Waals surface area contributed by atoms with E-state index in [0.717, 1.165) is 24.0 Å². The fourth-order valence-corrected chi connectivity index (χ4v) is 4.59. The maximum Gasteiger partial charge on any atom is 0.270 e. The molecule has 1 aromatic rings. The summed E-state index contributed by atoms with van der Waals surface area (Å²) >= 11 is 0. The predicted octanol–water partition coefficient (Wildman–Crippen LogP) is 1.52. The van der Waals surface area contributed by atoms with Gasteiger partial charge in [0, 0.05) is 32.4 Å². The molecule has 0 radical (unpaired) electrons. The molecular formula is C26H36FN7O. The summed E-state index contributed by atoms with van der Waals surface area (Å²) in [6.45, 7) is 2.78. The van der Waals surface area contributed by atoms with Gasteiger partial charge in [0.1, 0.15) is 23.0 Å². The highest BCUT2D eigenvalue weighted by Gasteiger charge is 2.29. The second kappa shape index (κ2) is 12.3. The zero-order chi connectivity index (χ0) is 25.4. The van der Waals surface area contributed by atoms with Gasteiger partial charge in [-0.05, 0) is 67.6 Å². The lowest BCUT2D eigenvalue weighted by molar-refractivity contribution is -0.118. The molecule has 2 aliphatic rings. The van der Waals surface area contributed by atoms with Crippen molar-refractivity contribution in [3.05, 3.63) is 52.7 Å². The van der Waals surface area contributed by atoms with Gasteiger partial charge in [0.2, 0.25) is 0 Å². The van der Waals surface area contributed by atoms with Crippen molar-refractivity contribution >= 4 is 17.3 Å². The maximum absolute atomic E-state index is 14.4. The Morgan fingerprint density at radius 1 is 1.34 bits per heavy atom. The van der Waals surface area contributed by atoms with E-state index in [0.29, 0.717) is 23.7 Å². The van der Waals surface area contributed by atoms with E-state index in [1.807, 2.05) is 19.3 Å². The lowest BCUT2D eigenvalue weighted by Crippen LogP contribution is -2.48. The van der Waals surface area contributed by atoms with Crippen molar-refractivity contribution in [3.63, 3.8) is 0 Å². The van der Waals surface area contributed by atoms with Crippen LogP contribution in [0, 0.1) is 24.1 Å². The molecular weight excluding hydrogens is 445 g/mol. The van der Waals surface area contributed by atoms with Crippen LogP contribution in [0.25, 0.3) is 5.57 Å². The Kier molecular flexibility index (Phi) is 9.15. The highest BCUT2D eigenvalue weighted by molar-refractivity contribution is 6.06. The molecule has 0 bridgehead atoms. The number of rotatable bonds is 10. The van der Waals surface area contributed by atoms with Crippen LogP contribution in [0.3, 0.4) is 0 Å². The summed E-state index contributed by atoms with van der Waals surface area (Å²) in [7, 11) is 3.62. The first-order valence-electron chi connectivity index (χ1n) is 12.0. The number of likely N-dealkylation sites (N-methyl/N-ethyl adjacent to an activating group) is 1. The number of nitrogens with two attached hydrogens (primary N) is 1. The monoisotopic (exact) mass is 481 g/mol. The van der Waals surface area contributed by atoms with Crippen LogP contribution in [0.15, 0.2) is 40.8 Å². The molecule has 188 valence electrons. The number of hydrogen-bond acceptors (Lipinski definition) is 7. The topological polar surface area (TPSA) is 116 Å². The summed E-state index contributed by atoms with van der Waals surface area (Å²) in [6.07, 6.45) is 11.3. The summed E-state index contributed by atoms with van der Waals surface area (Å²) in [4.78, 5) is 17.5. The molecule has 0 aromatic heterocycles. The molecule has 35 heavy (non-hydrogen) atoms. The zero-order valence-corrected chi connectivity index (χ0v) is 20.7. The van der Waals surface area contributed by atoms with Crippen LogP contribution in [0.1, 0.15) is 43.7 Å². The number of carbonyl (C=O) groups is 1. The molecule has 1 aromatic carbocycles. The van der Waals surface area contributed by atoms with Gasteiger partial charge in [-0.1, -0.05) is 18.8 Å². The number of aliphatic imine (C=N–C) groups is 1. The molecule has 0 saturated heterocycles. The van der Waals surface area contributed by atoms with E-state index in [1.54, 1.807) is 7.05 Å². The first-order chi connectivity index (χ1) is 16.9. The minimum absolute atomic E-state index is 0.128. The van der Waals surface area contributed by atoms with Gasteiger partial charge in [0.25, 0.3) is 5.91 Å². The number of benzene rings is 1. The normalized spacial score (nSPS) is 19.5.